The highest BCUT2D eigenvalue weighted by molar-refractivity contribution is 5.93. The number of carbonyl (C=O) groups is 1. The van der Waals surface area contributed by atoms with Crippen molar-refractivity contribution in [3.8, 4) is 11.1 Å². The molecule has 2 saturated heterocycles. The SMILES string of the molecule is O=C(NCc1ccccc1-c1ccc([C@H]2O[C@@H](CN3CCN(c4ccc([N+](=O)[O-])cc4)CC3)C[C@@H](c3ccc(CO)cc3)O2)cc1)c1cccnc1. The van der Waals surface area contributed by atoms with Gasteiger partial charge in [-0.2, -0.15) is 0 Å². The highest BCUT2D eigenvalue weighted by atomic mass is 16.7. The zero-order valence-electron chi connectivity index (χ0n) is 28.7. The average molecular weight is 700 g/mol. The van der Waals surface area contributed by atoms with E-state index in [0.29, 0.717) is 18.5 Å². The van der Waals surface area contributed by atoms with E-state index < -0.39 is 6.29 Å². The summed E-state index contributed by atoms with van der Waals surface area (Å²) in [5.74, 6) is -0.175. The number of amides is 1. The van der Waals surface area contributed by atoms with Crippen molar-refractivity contribution in [3.05, 3.63) is 160 Å². The largest absolute Gasteiger partial charge is 0.392 e. The summed E-state index contributed by atoms with van der Waals surface area (Å²) in [4.78, 5) is 32.1. The number of piperazine rings is 1. The number of nitrogens with one attached hydrogen (secondary N) is 1. The third-order valence-electron chi connectivity index (χ3n) is 9.75. The number of benzene rings is 4. The van der Waals surface area contributed by atoms with Crippen LogP contribution in [-0.4, -0.2) is 64.6 Å². The Hall–Kier alpha value is -5.46. The number of anilines is 1. The summed E-state index contributed by atoms with van der Waals surface area (Å²) in [5.41, 5.74) is 7.44. The Balaban J connectivity index is 1.04. The molecule has 266 valence electrons. The molecule has 7 rings (SSSR count). The molecule has 3 heterocycles. The van der Waals surface area contributed by atoms with Gasteiger partial charge in [0, 0.05) is 81.5 Å². The number of nitro benzene ring substituents is 1. The van der Waals surface area contributed by atoms with Crippen LogP contribution in [0.3, 0.4) is 0 Å². The second kappa shape index (κ2) is 16.3. The number of nitrogens with zero attached hydrogens (tertiary/aromatic N) is 4. The number of hydrogen-bond donors (Lipinski definition) is 2. The normalized spacial score (nSPS) is 19.2. The van der Waals surface area contributed by atoms with Crippen molar-refractivity contribution in [2.75, 3.05) is 37.6 Å². The molecular formula is C41H41N5O6. The van der Waals surface area contributed by atoms with Crippen molar-refractivity contribution in [1.82, 2.24) is 15.2 Å². The molecule has 2 fully saturated rings. The van der Waals surface area contributed by atoms with E-state index in [1.54, 1.807) is 36.7 Å². The van der Waals surface area contributed by atoms with Gasteiger partial charge in [-0.25, -0.2) is 0 Å². The van der Waals surface area contributed by atoms with Gasteiger partial charge >= 0.3 is 0 Å². The number of ether oxygens (including phenoxy) is 2. The van der Waals surface area contributed by atoms with Crippen LogP contribution in [0.2, 0.25) is 0 Å². The molecule has 4 aromatic carbocycles. The Morgan fingerprint density at radius 2 is 1.60 bits per heavy atom. The van der Waals surface area contributed by atoms with Gasteiger partial charge in [0.05, 0.1) is 29.3 Å². The van der Waals surface area contributed by atoms with Crippen LogP contribution in [0.4, 0.5) is 11.4 Å². The maximum absolute atomic E-state index is 12.7. The summed E-state index contributed by atoms with van der Waals surface area (Å²) < 4.78 is 13.3. The number of non-ortho nitro benzene ring substituents is 1. The quantitative estimate of drug-likeness (QED) is 0.118. The number of nitro groups is 1. The summed E-state index contributed by atoms with van der Waals surface area (Å²) in [6.45, 7) is 4.41. The Morgan fingerprint density at radius 1 is 0.865 bits per heavy atom. The number of hydrogen-bond acceptors (Lipinski definition) is 9. The molecule has 52 heavy (non-hydrogen) atoms. The van der Waals surface area contributed by atoms with Crippen LogP contribution in [0.15, 0.2) is 122 Å². The predicted octanol–water partition coefficient (Wildman–Crippen LogP) is 6.45. The molecule has 11 heteroatoms. The van der Waals surface area contributed by atoms with Crippen LogP contribution in [0, 0.1) is 10.1 Å². The first kappa shape index (κ1) is 35.0. The second-order valence-electron chi connectivity index (χ2n) is 13.1. The third kappa shape index (κ3) is 8.35. The zero-order valence-corrected chi connectivity index (χ0v) is 28.7. The van der Waals surface area contributed by atoms with Gasteiger partial charge in [0.25, 0.3) is 11.6 Å². The van der Waals surface area contributed by atoms with Gasteiger partial charge in [-0.05, 0) is 52.1 Å². The number of rotatable bonds is 11. The fraction of sp³-hybridized carbons (Fsp3) is 0.268. The molecule has 2 N–H and O–H groups in total. The number of aliphatic hydroxyl groups excluding tert-OH is 1. The lowest BCUT2D eigenvalue weighted by molar-refractivity contribution is -0.384. The molecule has 2 aliphatic heterocycles. The van der Waals surface area contributed by atoms with Gasteiger partial charge in [0.15, 0.2) is 6.29 Å². The van der Waals surface area contributed by atoms with Crippen molar-refractivity contribution in [2.45, 2.75) is 38.1 Å². The molecule has 2 aliphatic rings. The first-order valence-corrected chi connectivity index (χ1v) is 17.5. The van der Waals surface area contributed by atoms with Crippen LogP contribution in [0.5, 0.6) is 0 Å². The Morgan fingerprint density at radius 3 is 2.29 bits per heavy atom. The molecule has 0 unspecified atom stereocenters. The molecule has 5 aromatic rings. The maximum Gasteiger partial charge on any atom is 0.269 e. The molecule has 1 amide bonds. The minimum absolute atomic E-state index is 0.0155. The van der Waals surface area contributed by atoms with E-state index in [0.717, 1.165) is 71.8 Å². The Kier molecular flexibility index (Phi) is 10.9. The van der Waals surface area contributed by atoms with Gasteiger partial charge in [-0.3, -0.25) is 24.8 Å². The molecule has 11 nitrogen and oxygen atoms in total. The fourth-order valence-electron chi connectivity index (χ4n) is 6.85. The van der Waals surface area contributed by atoms with Crippen molar-refractivity contribution in [3.63, 3.8) is 0 Å². The molecule has 0 saturated carbocycles. The van der Waals surface area contributed by atoms with E-state index in [2.05, 4.69) is 38.3 Å². The average Bonchev–Trinajstić information content (AvgIpc) is 3.20. The summed E-state index contributed by atoms with van der Waals surface area (Å²) in [5, 5.41) is 23.7. The standard InChI is InChI=1S/C41H41N5O6/c47-28-29-7-9-31(10-8-29)39-24-37(27-44-20-22-45(23-21-44)35-15-17-36(18-16-35)46(49)50)51-41(52-39)32-13-11-30(12-14-32)38-6-2-1-4-33(38)26-43-40(48)34-5-3-19-42-25-34/h1-19,25,37,39,41,47H,20-24,26-28H2,(H,43,48)/t37-,39+,41+/m1/s1. The second-order valence-corrected chi connectivity index (χ2v) is 13.1. The van der Waals surface area contributed by atoms with Crippen LogP contribution in [-0.2, 0) is 22.6 Å². The Labute approximate surface area is 302 Å². The van der Waals surface area contributed by atoms with Gasteiger partial charge in [-0.1, -0.05) is 72.8 Å². The Bertz CT molecular complexity index is 1950. The van der Waals surface area contributed by atoms with Crippen LogP contribution < -0.4 is 10.2 Å². The molecular weight excluding hydrogens is 658 g/mol. The number of carbonyl (C=O) groups excluding carboxylic acids is 1. The van der Waals surface area contributed by atoms with Crippen molar-refractivity contribution in [1.29, 1.82) is 0 Å². The maximum atomic E-state index is 12.7. The van der Waals surface area contributed by atoms with E-state index in [1.165, 1.54) is 0 Å². The molecule has 1 aromatic heterocycles. The predicted molar refractivity (Wildman–Crippen MR) is 197 cm³/mol. The number of aliphatic hydroxyl groups is 1. The summed E-state index contributed by atoms with van der Waals surface area (Å²) in [7, 11) is 0. The zero-order chi connectivity index (χ0) is 35.9. The van der Waals surface area contributed by atoms with Crippen LogP contribution >= 0.6 is 0 Å². The minimum atomic E-state index is -0.578. The van der Waals surface area contributed by atoms with E-state index in [-0.39, 0.29) is 35.3 Å². The monoisotopic (exact) mass is 699 g/mol. The number of aromatic nitrogens is 1. The summed E-state index contributed by atoms with van der Waals surface area (Å²) in [6, 6.07) is 34.4. The third-order valence-corrected chi connectivity index (χ3v) is 9.75. The molecule has 0 bridgehead atoms. The lowest BCUT2D eigenvalue weighted by Gasteiger charge is -2.41. The highest BCUT2D eigenvalue weighted by Gasteiger charge is 2.34. The molecule has 0 radical (unpaired) electrons. The summed E-state index contributed by atoms with van der Waals surface area (Å²) >= 11 is 0. The van der Waals surface area contributed by atoms with E-state index in [4.69, 9.17) is 9.47 Å². The van der Waals surface area contributed by atoms with Crippen LogP contribution in [0.1, 0.15) is 51.4 Å². The topological polar surface area (TPSA) is 130 Å². The van der Waals surface area contributed by atoms with Crippen molar-refractivity contribution in [2.24, 2.45) is 0 Å². The van der Waals surface area contributed by atoms with E-state index in [1.807, 2.05) is 66.7 Å². The van der Waals surface area contributed by atoms with Gasteiger partial charge in [-0.15, -0.1) is 0 Å². The van der Waals surface area contributed by atoms with Crippen LogP contribution in [0.25, 0.3) is 11.1 Å². The summed E-state index contributed by atoms with van der Waals surface area (Å²) in [6.07, 6.45) is 3.03. The molecule has 3 atom stereocenters. The number of pyridine rings is 1. The molecule has 0 aliphatic carbocycles. The van der Waals surface area contributed by atoms with Gasteiger partial charge in [0.2, 0.25) is 0 Å². The van der Waals surface area contributed by atoms with Gasteiger partial charge in [0.1, 0.15) is 0 Å². The minimum Gasteiger partial charge on any atom is -0.392 e. The van der Waals surface area contributed by atoms with E-state index in [9.17, 15) is 20.0 Å². The van der Waals surface area contributed by atoms with Crippen molar-refractivity contribution >= 4 is 17.3 Å². The van der Waals surface area contributed by atoms with Crippen molar-refractivity contribution < 1.29 is 24.3 Å². The lowest BCUT2D eigenvalue weighted by atomic mass is 9.97. The highest BCUT2D eigenvalue weighted by Crippen LogP contribution is 2.39. The smallest absolute Gasteiger partial charge is 0.269 e. The van der Waals surface area contributed by atoms with Gasteiger partial charge < -0.3 is 24.8 Å². The first-order valence-electron chi connectivity index (χ1n) is 17.5. The lowest BCUT2D eigenvalue weighted by Crippen LogP contribution is -2.49. The molecule has 0 spiro atoms. The first-order chi connectivity index (χ1) is 25.4. The van der Waals surface area contributed by atoms with E-state index >= 15 is 0 Å². The fourth-order valence-corrected chi connectivity index (χ4v) is 6.85.